The average molecular weight is 762 g/mol. The predicted octanol–water partition coefficient (Wildman–Crippen LogP) is 7.32. The molecule has 0 unspecified atom stereocenters. The molecule has 0 radical (unpaired) electrons. The Morgan fingerprint density at radius 2 is 1.07 bits per heavy atom. The van der Waals surface area contributed by atoms with E-state index in [-0.39, 0.29) is 36.1 Å². The Balaban J connectivity index is 0.000000167. The summed E-state index contributed by atoms with van der Waals surface area (Å²) in [7, 11) is 0. The molecule has 4 aromatic rings. The first-order valence-corrected chi connectivity index (χ1v) is 19.0. The quantitative estimate of drug-likeness (QED) is 0.0691. The molecule has 0 atom stereocenters. The number of benzene rings is 2. The molecule has 8 rings (SSSR count). The van der Waals surface area contributed by atoms with Gasteiger partial charge in [0.2, 0.25) is 0 Å². The van der Waals surface area contributed by atoms with E-state index in [2.05, 4.69) is 10.0 Å². The Kier molecular flexibility index (Phi) is 11.1. The molecule has 4 aliphatic heterocycles. The Hall–Kier alpha value is -5.14. The van der Waals surface area contributed by atoms with Crippen LogP contribution in [0.3, 0.4) is 0 Å². The Labute approximate surface area is 315 Å². The molecule has 13 nitrogen and oxygen atoms in total. The maximum absolute atomic E-state index is 14.3. The third kappa shape index (κ3) is 7.47. The highest BCUT2D eigenvalue weighted by Crippen LogP contribution is 2.32. The fourth-order valence-corrected chi connectivity index (χ4v) is 8.34. The molecule has 0 N–H and O–H groups in total. The summed E-state index contributed by atoms with van der Waals surface area (Å²) in [6.07, 6.45) is 9.83. The van der Waals surface area contributed by atoms with Gasteiger partial charge in [0.25, 0.3) is 0 Å². The van der Waals surface area contributed by atoms with Crippen molar-refractivity contribution in [3.63, 3.8) is 0 Å². The molecule has 4 aliphatic rings. The number of aromatic nitrogens is 2. The molecule has 0 bridgehead atoms. The second-order valence-corrected chi connectivity index (χ2v) is 14.5. The third-order valence-electron chi connectivity index (χ3n) is 10.8. The fraction of sp³-hybridized carbons (Fsp3) is 0.474. The van der Waals surface area contributed by atoms with Crippen LogP contribution in [0.15, 0.2) is 41.8 Å². The van der Waals surface area contributed by atoms with Crippen LogP contribution in [-0.2, 0) is 26.2 Å². The Bertz CT molecular complexity index is 2170. The molecule has 16 heteroatoms. The van der Waals surface area contributed by atoms with Crippen molar-refractivity contribution in [2.75, 3.05) is 51.7 Å². The van der Waals surface area contributed by atoms with Crippen molar-refractivity contribution in [3.8, 4) is 0 Å². The van der Waals surface area contributed by atoms with Gasteiger partial charge in [-0.15, -0.1) is 11.6 Å². The molecule has 0 spiro atoms. The lowest BCUT2D eigenvalue weighted by atomic mass is 10.1. The predicted molar refractivity (Wildman–Crippen MR) is 200 cm³/mol. The minimum Gasteiger partial charge on any atom is -0.345 e. The summed E-state index contributed by atoms with van der Waals surface area (Å²) in [5, 5.41) is 4.41. The van der Waals surface area contributed by atoms with Gasteiger partial charge in [-0.3, -0.25) is 9.59 Å². The van der Waals surface area contributed by atoms with Crippen LogP contribution >= 0.6 is 11.6 Å². The summed E-state index contributed by atoms with van der Waals surface area (Å²) in [5.74, 6) is -1.55. The lowest BCUT2D eigenvalue weighted by molar-refractivity contribution is 0.0999. The second-order valence-electron chi connectivity index (χ2n) is 14.3. The number of alkyl halides is 1. The summed E-state index contributed by atoms with van der Waals surface area (Å²) < 4.78 is 32.4. The van der Waals surface area contributed by atoms with Crippen LogP contribution in [0.2, 0.25) is 0 Å². The van der Waals surface area contributed by atoms with E-state index in [1.54, 1.807) is 22.2 Å². The maximum Gasteiger partial charge on any atom is 0.320 e. The average Bonchev–Trinajstić information content (AvgIpc) is 3.61. The zero-order valence-electron chi connectivity index (χ0n) is 30.0. The van der Waals surface area contributed by atoms with E-state index in [0.717, 1.165) is 81.3 Å². The summed E-state index contributed by atoms with van der Waals surface area (Å²) in [4.78, 5) is 60.2. The van der Waals surface area contributed by atoms with Crippen molar-refractivity contribution in [1.82, 2.24) is 28.7 Å². The minimum atomic E-state index is -0.453. The molecule has 2 fully saturated rings. The summed E-state index contributed by atoms with van der Waals surface area (Å²) in [6, 6.07) is 5.63. The number of nitrogens with zero attached hydrogens (tertiary/aromatic N) is 9. The Morgan fingerprint density at radius 1 is 0.630 bits per heavy atom. The molecule has 0 aliphatic carbocycles. The Morgan fingerprint density at radius 3 is 1.50 bits per heavy atom. The molecule has 54 heavy (non-hydrogen) atoms. The van der Waals surface area contributed by atoms with Crippen LogP contribution in [0.4, 0.5) is 18.4 Å². The van der Waals surface area contributed by atoms with Crippen molar-refractivity contribution < 1.29 is 28.0 Å². The van der Waals surface area contributed by atoms with Crippen LogP contribution in [0.25, 0.3) is 32.2 Å². The first-order valence-electron chi connectivity index (χ1n) is 18.5. The summed E-state index contributed by atoms with van der Waals surface area (Å²) >= 11 is 5.71. The first kappa shape index (κ1) is 37.2. The number of ketones is 2. The number of azide groups is 1. The van der Waals surface area contributed by atoms with Crippen molar-refractivity contribution in [2.45, 2.75) is 64.7 Å². The number of amides is 4. The molecule has 6 heterocycles. The van der Waals surface area contributed by atoms with E-state index in [4.69, 9.17) is 17.1 Å². The van der Waals surface area contributed by atoms with E-state index in [1.807, 2.05) is 18.9 Å². The molecule has 2 aromatic heterocycles. The number of carbonyl (C=O) groups is 4. The van der Waals surface area contributed by atoms with Gasteiger partial charge < -0.3 is 28.7 Å². The first-order chi connectivity index (χ1) is 26.2. The maximum atomic E-state index is 14.3. The third-order valence-corrected chi connectivity index (χ3v) is 11.0. The van der Waals surface area contributed by atoms with Crippen LogP contribution in [-0.4, -0.2) is 104 Å². The smallest absolute Gasteiger partial charge is 0.320 e. The fourth-order valence-electron chi connectivity index (χ4n) is 8.19. The molecular weight excluding hydrogens is 720 g/mol. The monoisotopic (exact) mass is 761 g/mol. The topological polar surface area (TPSA) is 140 Å². The van der Waals surface area contributed by atoms with Crippen molar-refractivity contribution in [3.05, 3.63) is 81.0 Å². The molecule has 284 valence electrons. The van der Waals surface area contributed by atoms with E-state index in [0.29, 0.717) is 66.7 Å². The van der Waals surface area contributed by atoms with Gasteiger partial charge in [0, 0.05) is 105 Å². The highest BCUT2D eigenvalue weighted by molar-refractivity contribution is 6.32. The number of piperidine rings is 2. The zero-order valence-corrected chi connectivity index (χ0v) is 30.7. The second kappa shape index (κ2) is 16.1. The van der Waals surface area contributed by atoms with Crippen molar-refractivity contribution in [1.29, 1.82) is 0 Å². The van der Waals surface area contributed by atoms with Crippen LogP contribution in [0.5, 0.6) is 0 Å². The minimum absolute atomic E-state index is 0.0116. The number of carbonyl (C=O) groups excluding carboxylic acids is 4. The van der Waals surface area contributed by atoms with Gasteiger partial charge in [-0.2, -0.15) is 0 Å². The molecule has 0 saturated carbocycles. The van der Waals surface area contributed by atoms with Crippen LogP contribution in [0, 0.1) is 11.6 Å². The molecule has 2 saturated heterocycles. The summed E-state index contributed by atoms with van der Waals surface area (Å²) in [6.45, 7) is 5.55. The lowest BCUT2D eigenvalue weighted by Crippen LogP contribution is -2.45. The van der Waals surface area contributed by atoms with E-state index >= 15 is 0 Å². The summed E-state index contributed by atoms with van der Waals surface area (Å²) in [5.41, 5.74) is 12.3. The van der Waals surface area contributed by atoms with Crippen molar-refractivity contribution in [2.24, 2.45) is 5.11 Å². The number of Topliss-reactive ketones (excluding diaryl/α,β-unsaturated/α-hetero) is 2. The van der Waals surface area contributed by atoms with Gasteiger partial charge in [-0.1, -0.05) is 5.11 Å². The zero-order chi connectivity index (χ0) is 37.9. The highest BCUT2D eigenvalue weighted by Gasteiger charge is 2.29. The number of halogens is 3. The largest absolute Gasteiger partial charge is 0.345 e. The molecule has 4 amide bonds. The standard InChI is InChI=1S/C19H21ClFN3O2.C19H21FN6O2/c20-10-17(25)16-12-23-6-7-24(19(26)22-4-2-1-3-5-22)11-13-8-14(21)9-15(16)18(13)23;20-14-8-13-11-26(19(28)24-4-2-1-3-5-24)7-6-25-12-16(15(9-14)18(13)25)17(27)10-22-23-21/h8-9,12H,1-7,10-11H2;8-9,12H,1-7,10-11H2. The number of hydrogen-bond acceptors (Lipinski definition) is 5. The number of urea groups is 2. The number of likely N-dealkylation sites (tertiary alicyclic amines) is 2. The van der Waals surface area contributed by atoms with E-state index in [1.165, 1.54) is 24.3 Å². The van der Waals surface area contributed by atoms with Crippen LogP contribution < -0.4 is 0 Å². The highest BCUT2D eigenvalue weighted by atomic mass is 35.5. The molecule has 2 aromatic carbocycles. The van der Waals surface area contributed by atoms with Gasteiger partial charge in [0.15, 0.2) is 11.6 Å². The van der Waals surface area contributed by atoms with Crippen LogP contribution in [0.1, 0.15) is 70.4 Å². The SMILES string of the molecule is O=C(CCl)c1cn2c3c(cc(F)cc13)CN(C(=O)N1CCCCC1)CC2.[N-]=[N+]=NCC(=O)c1cn2c3c(cc(F)cc13)CN(C(=O)N1CCCCC1)CC2. The number of rotatable bonds is 5. The normalized spacial score (nSPS) is 17.0. The molecular formula is C38H42ClF2N9O4. The number of hydrogen-bond donors (Lipinski definition) is 0. The van der Waals surface area contributed by atoms with E-state index in [9.17, 15) is 28.0 Å². The lowest BCUT2D eigenvalue weighted by Gasteiger charge is -2.32. The van der Waals surface area contributed by atoms with Gasteiger partial charge >= 0.3 is 12.1 Å². The van der Waals surface area contributed by atoms with E-state index < -0.39 is 11.6 Å². The van der Waals surface area contributed by atoms with Gasteiger partial charge in [0.1, 0.15) is 11.6 Å². The van der Waals surface area contributed by atoms with Gasteiger partial charge in [-0.25, -0.2) is 18.4 Å². The van der Waals surface area contributed by atoms with Gasteiger partial charge in [0.05, 0.1) is 23.5 Å². The van der Waals surface area contributed by atoms with Gasteiger partial charge in [-0.05, 0) is 79.4 Å². The van der Waals surface area contributed by atoms with Crippen molar-refractivity contribution >= 4 is 57.0 Å².